The largest absolute Gasteiger partial charge is 0.488 e. The highest BCUT2D eigenvalue weighted by molar-refractivity contribution is 7.09. The number of ether oxygens (including phenoxy) is 1. The van der Waals surface area contributed by atoms with E-state index in [1.807, 2.05) is 30.5 Å². The maximum Gasteiger partial charge on any atom is 0.124 e. The molecule has 2 aromatic rings. The number of aryl methyl sites for hydroxylation is 1. The van der Waals surface area contributed by atoms with E-state index in [4.69, 9.17) is 22.1 Å². The minimum atomic E-state index is 0.534. The van der Waals surface area contributed by atoms with Crippen molar-refractivity contribution in [1.29, 1.82) is 0 Å². The predicted octanol–water partition coefficient (Wildman–Crippen LogP) is 3.87. The van der Waals surface area contributed by atoms with Gasteiger partial charge in [-0.3, -0.25) is 0 Å². The fourth-order valence-corrected chi connectivity index (χ4v) is 2.15. The van der Waals surface area contributed by atoms with Crippen molar-refractivity contribution in [2.75, 3.05) is 5.73 Å². The second-order valence-corrected chi connectivity index (χ2v) is 4.95. The van der Waals surface area contributed by atoms with Gasteiger partial charge in [0.05, 0.1) is 10.7 Å². The Bertz CT molecular complexity index is 482. The van der Waals surface area contributed by atoms with Gasteiger partial charge in [0.2, 0.25) is 0 Å². The van der Waals surface area contributed by atoms with Crippen molar-refractivity contribution in [2.45, 2.75) is 13.5 Å². The molecule has 1 aromatic heterocycles. The van der Waals surface area contributed by atoms with E-state index in [2.05, 4.69) is 0 Å². The fourth-order valence-electron chi connectivity index (χ4n) is 1.38. The standard InChI is InChI=1S/C12H12ClNOS/c1-8-5-11(14)10(13)6-12(8)15-7-9-3-2-4-16-9/h2-6H,7,14H2,1H3. The number of hydrogen-bond acceptors (Lipinski definition) is 3. The Hall–Kier alpha value is -1.19. The number of hydrogen-bond donors (Lipinski definition) is 1. The van der Waals surface area contributed by atoms with Gasteiger partial charge in [0.1, 0.15) is 12.4 Å². The van der Waals surface area contributed by atoms with Gasteiger partial charge >= 0.3 is 0 Å². The van der Waals surface area contributed by atoms with Crippen LogP contribution in [0.2, 0.25) is 5.02 Å². The number of nitrogens with two attached hydrogens (primary N) is 1. The summed E-state index contributed by atoms with van der Waals surface area (Å²) in [6.07, 6.45) is 0. The smallest absolute Gasteiger partial charge is 0.124 e. The van der Waals surface area contributed by atoms with Gasteiger partial charge in [-0.2, -0.15) is 0 Å². The molecule has 1 heterocycles. The van der Waals surface area contributed by atoms with Crippen molar-refractivity contribution in [3.63, 3.8) is 0 Å². The number of nitrogen functional groups attached to an aromatic ring is 1. The van der Waals surface area contributed by atoms with E-state index in [1.165, 1.54) is 4.88 Å². The maximum atomic E-state index is 5.94. The quantitative estimate of drug-likeness (QED) is 0.843. The molecule has 84 valence electrons. The molecule has 0 atom stereocenters. The van der Waals surface area contributed by atoms with Crippen LogP contribution in [-0.4, -0.2) is 0 Å². The summed E-state index contributed by atoms with van der Waals surface area (Å²) in [7, 11) is 0. The van der Waals surface area contributed by atoms with Gasteiger partial charge in [-0.05, 0) is 30.0 Å². The topological polar surface area (TPSA) is 35.2 Å². The van der Waals surface area contributed by atoms with Crippen molar-refractivity contribution in [3.8, 4) is 5.75 Å². The van der Waals surface area contributed by atoms with Crippen LogP contribution in [0.3, 0.4) is 0 Å². The molecule has 0 radical (unpaired) electrons. The lowest BCUT2D eigenvalue weighted by Gasteiger charge is -2.09. The molecule has 0 unspecified atom stereocenters. The van der Waals surface area contributed by atoms with Gasteiger partial charge in [-0.25, -0.2) is 0 Å². The molecular formula is C12H12ClNOS. The van der Waals surface area contributed by atoms with Gasteiger partial charge in [0.25, 0.3) is 0 Å². The monoisotopic (exact) mass is 253 g/mol. The number of halogens is 1. The molecule has 0 saturated carbocycles. The molecule has 2 nitrogen and oxygen atoms in total. The highest BCUT2D eigenvalue weighted by Crippen LogP contribution is 2.29. The maximum absolute atomic E-state index is 5.94. The second kappa shape index (κ2) is 4.76. The summed E-state index contributed by atoms with van der Waals surface area (Å²) in [5.74, 6) is 0.785. The van der Waals surface area contributed by atoms with Crippen LogP contribution in [0.15, 0.2) is 29.6 Å². The zero-order chi connectivity index (χ0) is 11.5. The van der Waals surface area contributed by atoms with E-state index in [-0.39, 0.29) is 0 Å². The molecule has 0 aliphatic heterocycles. The summed E-state index contributed by atoms with van der Waals surface area (Å²) < 4.78 is 5.69. The Morgan fingerprint density at radius 2 is 2.25 bits per heavy atom. The first-order valence-electron chi connectivity index (χ1n) is 4.87. The molecule has 1 aromatic carbocycles. The molecule has 0 fully saturated rings. The summed E-state index contributed by atoms with van der Waals surface area (Å²) in [6.45, 7) is 2.52. The van der Waals surface area contributed by atoms with E-state index >= 15 is 0 Å². The number of rotatable bonds is 3. The van der Waals surface area contributed by atoms with E-state index in [0.29, 0.717) is 17.3 Å². The zero-order valence-corrected chi connectivity index (χ0v) is 10.4. The van der Waals surface area contributed by atoms with Gasteiger partial charge in [0, 0.05) is 10.9 Å². The first kappa shape index (κ1) is 11.3. The Kier molecular flexibility index (Phi) is 3.36. The van der Waals surface area contributed by atoms with Crippen molar-refractivity contribution in [2.24, 2.45) is 0 Å². The lowest BCUT2D eigenvalue weighted by Crippen LogP contribution is -1.96. The lowest BCUT2D eigenvalue weighted by atomic mass is 10.2. The molecule has 0 aliphatic carbocycles. The van der Waals surface area contributed by atoms with Gasteiger partial charge < -0.3 is 10.5 Å². The predicted molar refractivity (Wildman–Crippen MR) is 69.3 cm³/mol. The summed E-state index contributed by atoms with van der Waals surface area (Å²) in [4.78, 5) is 1.19. The molecule has 4 heteroatoms. The Labute approximate surface area is 104 Å². The van der Waals surface area contributed by atoms with E-state index in [1.54, 1.807) is 17.4 Å². The van der Waals surface area contributed by atoms with E-state index in [9.17, 15) is 0 Å². The van der Waals surface area contributed by atoms with Crippen molar-refractivity contribution >= 4 is 28.6 Å². The van der Waals surface area contributed by atoms with E-state index < -0.39 is 0 Å². The highest BCUT2D eigenvalue weighted by atomic mass is 35.5. The van der Waals surface area contributed by atoms with Crippen LogP contribution < -0.4 is 10.5 Å². The lowest BCUT2D eigenvalue weighted by molar-refractivity contribution is 0.308. The molecule has 2 rings (SSSR count). The van der Waals surface area contributed by atoms with Crippen LogP contribution in [0.4, 0.5) is 5.69 Å². The Balaban J connectivity index is 2.12. The minimum absolute atomic E-state index is 0.534. The molecule has 2 N–H and O–H groups in total. The molecule has 0 amide bonds. The minimum Gasteiger partial charge on any atom is -0.488 e. The van der Waals surface area contributed by atoms with Crippen LogP contribution in [0.1, 0.15) is 10.4 Å². The van der Waals surface area contributed by atoms with Crippen molar-refractivity contribution in [3.05, 3.63) is 45.1 Å². The van der Waals surface area contributed by atoms with Gasteiger partial charge in [-0.1, -0.05) is 17.7 Å². The number of thiophene rings is 1. The normalized spacial score (nSPS) is 10.4. The van der Waals surface area contributed by atoms with Gasteiger partial charge in [-0.15, -0.1) is 11.3 Å². The Morgan fingerprint density at radius 3 is 2.94 bits per heavy atom. The van der Waals surface area contributed by atoms with Crippen molar-refractivity contribution in [1.82, 2.24) is 0 Å². The number of benzene rings is 1. The van der Waals surface area contributed by atoms with Crippen LogP contribution >= 0.6 is 22.9 Å². The summed E-state index contributed by atoms with van der Waals surface area (Å²) in [6, 6.07) is 7.64. The summed E-state index contributed by atoms with van der Waals surface area (Å²) in [5, 5.41) is 2.56. The molecule has 0 bridgehead atoms. The second-order valence-electron chi connectivity index (χ2n) is 3.51. The van der Waals surface area contributed by atoms with Crippen LogP contribution in [0.25, 0.3) is 0 Å². The average Bonchev–Trinajstić information content (AvgIpc) is 2.74. The van der Waals surface area contributed by atoms with Gasteiger partial charge in [0.15, 0.2) is 0 Å². The molecule has 16 heavy (non-hydrogen) atoms. The average molecular weight is 254 g/mol. The first-order valence-corrected chi connectivity index (χ1v) is 6.13. The first-order chi connectivity index (χ1) is 7.66. The van der Waals surface area contributed by atoms with Crippen LogP contribution in [-0.2, 0) is 6.61 Å². The zero-order valence-electron chi connectivity index (χ0n) is 8.87. The molecule has 0 aliphatic rings. The molecule has 0 saturated heterocycles. The molecular weight excluding hydrogens is 242 g/mol. The number of anilines is 1. The third-order valence-electron chi connectivity index (χ3n) is 2.24. The summed E-state index contributed by atoms with van der Waals surface area (Å²) >= 11 is 7.62. The Morgan fingerprint density at radius 1 is 1.44 bits per heavy atom. The highest BCUT2D eigenvalue weighted by Gasteiger charge is 2.05. The third-order valence-corrected chi connectivity index (χ3v) is 3.42. The van der Waals surface area contributed by atoms with Crippen molar-refractivity contribution < 1.29 is 4.74 Å². The molecule has 0 spiro atoms. The van der Waals surface area contributed by atoms with Crippen LogP contribution in [0.5, 0.6) is 5.75 Å². The summed E-state index contributed by atoms with van der Waals surface area (Å²) in [5.41, 5.74) is 7.28. The SMILES string of the molecule is Cc1cc(N)c(Cl)cc1OCc1cccs1. The third kappa shape index (κ3) is 2.49. The van der Waals surface area contributed by atoms with E-state index in [0.717, 1.165) is 11.3 Å². The van der Waals surface area contributed by atoms with Crippen LogP contribution in [0, 0.1) is 6.92 Å². The fraction of sp³-hybridized carbons (Fsp3) is 0.167.